The normalized spacial score (nSPS) is 13.3. The van der Waals surface area contributed by atoms with Crippen molar-refractivity contribution < 1.29 is 14.9 Å². The van der Waals surface area contributed by atoms with Crippen LogP contribution in [-0.2, 0) is 12.1 Å². The summed E-state index contributed by atoms with van der Waals surface area (Å²) in [5, 5.41) is 28.3. The minimum absolute atomic E-state index is 0.0407. The largest absolute Gasteiger partial charge is 0.457 e. The number of aliphatic hydroxyl groups excluding tert-OH is 1. The number of hydrogen-bond acceptors (Lipinski definition) is 6. The zero-order chi connectivity index (χ0) is 20.0. The maximum atomic E-state index is 11.3. The van der Waals surface area contributed by atoms with Gasteiger partial charge < -0.3 is 20.3 Å². The quantitative estimate of drug-likeness (QED) is 0.459. The number of nitrogens with zero attached hydrogens (tertiary/aromatic N) is 3. The third-order valence-corrected chi connectivity index (χ3v) is 4.65. The molecule has 3 rings (SSSR count). The molecule has 0 saturated heterocycles. The lowest BCUT2D eigenvalue weighted by Gasteiger charge is -2.30. The van der Waals surface area contributed by atoms with E-state index in [-0.39, 0.29) is 19.7 Å². The van der Waals surface area contributed by atoms with Crippen molar-refractivity contribution >= 4 is 23.2 Å². The van der Waals surface area contributed by atoms with Crippen LogP contribution in [0.5, 0.6) is 11.5 Å². The standard InChI is InChI=1S/C19H20Cl2N4O3/c20-14-1-3-15(4-2-14)28-16-5-6-17(18(21)9-16)19(27,10-22-7-8-26)11-25-13-23-12-24-25/h1-6,9,12-13,22,26-27H,7-8,10-11H2. The molecule has 148 valence electrons. The van der Waals surface area contributed by atoms with E-state index in [0.29, 0.717) is 33.7 Å². The van der Waals surface area contributed by atoms with E-state index >= 15 is 0 Å². The van der Waals surface area contributed by atoms with Gasteiger partial charge >= 0.3 is 0 Å². The fourth-order valence-corrected chi connectivity index (χ4v) is 3.24. The molecule has 0 spiro atoms. The molecule has 3 aromatic rings. The molecule has 1 heterocycles. The molecule has 0 bridgehead atoms. The second-order valence-corrected chi connectivity index (χ2v) is 7.07. The second-order valence-electron chi connectivity index (χ2n) is 6.22. The molecule has 9 heteroatoms. The fraction of sp³-hybridized carbons (Fsp3) is 0.263. The number of halogens is 2. The lowest BCUT2D eigenvalue weighted by molar-refractivity contribution is 0.0148. The van der Waals surface area contributed by atoms with Crippen LogP contribution >= 0.6 is 23.2 Å². The van der Waals surface area contributed by atoms with Crippen molar-refractivity contribution in [2.24, 2.45) is 0 Å². The van der Waals surface area contributed by atoms with Crippen LogP contribution in [0.25, 0.3) is 0 Å². The van der Waals surface area contributed by atoms with Crippen LogP contribution in [0, 0.1) is 0 Å². The maximum absolute atomic E-state index is 11.3. The van der Waals surface area contributed by atoms with E-state index in [9.17, 15) is 5.11 Å². The molecule has 1 unspecified atom stereocenters. The van der Waals surface area contributed by atoms with E-state index in [0.717, 1.165) is 0 Å². The molecule has 7 nitrogen and oxygen atoms in total. The van der Waals surface area contributed by atoms with Gasteiger partial charge in [0.25, 0.3) is 0 Å². The van der Waals surface area contributed by atoms with Gasteiger partial charge in [0.2, 0.25) is 0 Å². The Balaban J connectivity index is 1.83. The van der Waals surface area contributed by atoms with Crippen LogP contribution in [0.15, 0.2) is 55.1 Å². The van der Waals surface area contributed by atoms with E-state index in [4.69, 9.17) is 33.0 Å². The van der Waals surface area contributed by atoms with E-state index in [1.807, 2.05) is 0 Å². The monoisotopic (exact) mass is 422 g/mol. The van der Waals surface area contributed by atoms with Gasteiger partial charge in [-0.2, -0.15) is 5.10 Å². The van der Waals surface area contributed by atoms with Crippen LogP contribution in [0.2, 0.25) is 10.0 Å². The van der Waals surface area contributed by atoms with Gasteiger partial charge in [-0.05, 0) is 36.4 Å². The molecule has 0 aliphatic rings. The van der Waals surface area contributed by atoms with Crippen molar-refractivity contribution in [3.63, 3.8) is 0 Å². The average Bonchev–Trinajstić information content (AvgIpc) is 3.16. The summed E-state index contributed by atoms with van der Waals surface area (Å²) in [4.78, 5) is 3.90. The highest BCUT2D eigenvalue weighted by Crippen LogP contribution is 2.34. The summed E-state index contributed by atoms with van der Waals surface area (Å²) in [6, 6.07) is 12.1. The van der Waals surface area contributed by atoms with Gasteiger partial charge in [0.05, 0.1) is 18.2 Å². The Bertz CT molecular complexity index is 891. The van der Waals surface area contributed by atoms with Crippen LogP contribution in [0.4, 0.5) is 0 Å². The summed E-state index contributed by atoms with van der Waals surface area (Å²) < 4.78 is 7.31. The highest BCUT2D eigenvalue weighted by atomic mass is 35.5. The number of hydrogen-bond donors (Lipinski definition) is 3. The van der Waals surface area contributed by atoms with Crippen molar-refractivity contribution in [2.75, 3.05) is 19.7 Å². The molecule has 1 aromatic heterocycles. The molecule has 28 heavy (non-hydrogen) atoms. The van der Waals surface area contributed by atoms with Gasteiger partial charge in [-0.25, -0.2) is 9.67 Å². The number of benzene rings is 2. The predicted octanol–water partition coefficient (Wildman–Crippen LogP) is 2.85. The number of rotatable bonds is 9. The Morgan fingerprint density at radius 2 is 1.86 bits per heavy atom. The molecule has 0 saturated carbocycles. The van der Waals surface area contributed by atoms with Crippen LogP contribution in [0.1, 0.15) is 5.56 Å². The zero-order valence-corrected chi connectivity index (χ0v) is 16.4. The summed E-state index contributed by atoms with van der Waals surface area (Å²) >= 11 is 12.4. The topological polar surface area (TPSA) is 92.4 Å². The third kappa shape index (κ3) is 5.21. The summed E-state index contributed by atoms with van der Waals surface area (Å²) in [7, 11) is 0. The molecular weight excluding hydrogens is 403 g/mol. The number of aromatic nitrogens is 3. The molecule has 3 N–H and O–H groups in total. The van der Waals surface area contributed by atoms with Gasteiger partial charge in [-0.1, -0.05) is 29.3 Å². The van der Waals surface area contributed by atoms with Gasteiger partial charge in [-0.3, -0.25) is 0 Å². The van der Waals surface area contributed by atoms with Crippen molar-refractivity contribution in [3.05, 3.63) is 70.7 Å². The average molecular weight is 423 g/mol. The number of nitrogens with one attached hydrogen (secondary N) is 1. The second kappa shape index (κ2) is 9.36. The molecule has 0 fully saturated rings. The van der Waals surface area contributed by atoms with Crippen molar-refractivity contribution in [1.29, 1.82) is 0 Å². The van der Waals surface area contributed by atoms with Gasteiger partial charge in [0.15, 0.2) is 0 Å². The molecule has 0 aliphatic heterocycles. The van der Waals surface area contributed by atoms with Crippen molar-refractivity contribution in [3.8, 4) is 11.5 Å². The van der Waals surface area contributed by atoms with Gasteiger partial charge in [0, 0.05) is 23.7 Å². The van der Waals surface area contributed by atoms with Gasteiger partial charge in [-0.15, -0.1) is 0 Å². The SMILES string of the molecule is OCCNCC(O)(Cn1cncn1)c1ccc(Oc2ccc(Cl)cc2)cc1Cl. The zero-order valence-electron chi connectivity index (χ0n) is 14.9. The minimum atomic E-state index is -1.36. The van der Waals surface area contributed by atoms with Gasteiger partial charge in [0.1, 0.15) is 29.8 Å². The summed E-state index contributed by atoms with van der Waals surface area (Å²) in [6.07, 6.45) is 2.91. The molecule has 0 aliphatic carbocycles. The highest BCUT2D eigenvalue weighted by Gasteiger charge is 2.32. The lowest BCUT2D eigenvalue weighted by Crippen LogP contribution is -2.43. The Labute approximate surface area is 172 Å². The summed E-state index contributed by atoms with van der Waals surface area (Å²) in [5.74, 6) is 1.15. The third-order valence-electron chi connectivity index (χ3n) is 4.09. The van der Waals surface area contributed by atoms with Crippen molar-refractivity contribution in [2.45, 2.75) is 12.1 Å². The Morgan fingerprint density at radius 3 is 2.50 bits per heavy atom. The first kappa shape index (κ1) is 20.6. The number of ether oxygens (including phenoxy) is 1. The first-order chi connectivity index (χ1) is 13.5. The Hall–Kier alpha value is -2.16. The minimum Gasteiger partial charge on any atom is -0.457 e. The fourth-order valence-electron chi connectivity index (χ4n) is 2.77. The maximum Gasteiger partial charge on any atom is 0.137 e. The number of aliphatic hydroxyl groups is 2. The first-order valence-corrected chi connectivity index (χ1v) is 9.35. The van der Waals surface area contributed by atoms with Crippen LogP contribution in [-0.4, -0.2) is 44.7 Å². The highest BCUT2D eigenvalue weighted by molar-refractivity contribution is 6.31. The molecule has 0 radical (unpaired) electrons. The summed E-state index contributed by atoms with van der Waals surface area (Å²) in [5.41, 5.74) is -0.850. The van der Waals surface area contributed by atoms with Crippen LogP contribution < -0.4 is 10.1 Å². The molecule has 2 aromatic carbocycles. The first-order valence-electron chi connectivity index (χ1n) is 8.60. The molecule has 0 amide bonds. The lowest BCUT2D eigenvalue weighted by atomic mass is 9.93. The molecule has 1 atom stereocenters. The molecular formula is C19H20Cl2N4O3. The summed E-state index contributed by atoms with van der Waals surface area (Å²) in [6.45, 7) is 0.614. The van der Waals surface area contributed by atoms with E-state index in [1.165, 1.54) is 17.3 Å². The Kier molecular flexibility index (Phi) is 6.88. The van der Waals surface area contributed by atoms with E-state index in [2.05, 4.69) is 15.4 Å². The van der Waals surface area contributed by atoms with E-state index in [1.54, 1.807) is 42.5 Å². The van der Waals surface area contributed by atoms with Crippen LogP contribution in [0.3, 0.4) is 0 Å². The van der Waals surface area contributed by atoms with E-state index < -0.39 is 5.60 Å². The predicted molar refractivity (Wildman–Crippen MR) is 107 cm³/mol. The Morgan fingerprint density at radius 1 is 1.11 bits per heavy atom. The van der Waals surface area contributed by atoms with Crippen molar-refractivity contribution in [1.82, 2.24) is 20.1 Å². The smallest absolute Gasteiger partial charge is 0.137 e.